The molecule has 176 valence electrons. The molecule has 0 aromatic heterocycles. The van der Waals surface area contributed by atoms with Crippen LogP contribution in [-0.4, -0.2) is 37.0 Å². The van der Waals surface area contributed by atoms with Gasteiger partial charge in [-0.1, -0.05) is 35.9 Å². The molecule has 1 N–H and O–H groups in total. The fourth-order valence-electron chi connectivity index (χ4n) is 3.90. The van der Waals surface area contributed by atoms with Crippen molar-refractivity contribution in [1.82, 2.24) is 4.90 Å². The van der Waals surface area contributed by atoms with Gasteiger partial charge in [0.2, 0.25) is 5.91 Å². The molecule has 1 saturated heterocycles. The van der Waals surface area contributed by atoms with Crippen LogP contribution in [0, 0.1) is 5.82 Å². The SMILES string of the molecule is COc1ccc(CC(=O)Nc2ccc(N3CCCN(Cc4cccc(Cl)c4F)C3=O)cc2)cc1. The number of halogens is 2. The molecule has 3 amide bonds. The summed E-state index contributed by atoms with van der Waals surface area (Å²) < 4.78 is 19.4. The zero-order valence-electron chi connectivity index (χ0n) is 18.8. The average Bonchev–Trinajstić information content (AvgIpc) is 2.84. The van der Waals surface area contributed by atoms with Crippen molar-refractivity contribution >= 4 is 34.9 Å². The Balaban J connectivity index is 1.38. The van der Waals surface area contributed by atoms with Crippen molar-refractivity contribution in [3.63, 3.8) is 0 Å². The number of methoxy groups -OCH3 is 1. The van der Waals surface area contributed by atoms with Crippen LogP contribution >= 0.6 is 11.6 Å². The monoisotopic (exact) mass is 481 g/mol. The lowest BCUT2D eigenvalue weighted by Crippen LogP contribution is -2.49. The highest BCUT2D eigenvalue weighted by Crippen LogP contribution is 2.25. The maximum atomic E-state index is 14.3. The van der Waals surface area contributed by atoms with Gasteiger partial charge in [-0.3, -0.25) is 9.69 Å². The van der Waals surface area contributed by atoms with Crippen LogP contribution in [0.1, 0.15) is 17.5 Å². The molecule has 4 rings (SSSR count). The van der Waals surface area contributed by atoms with Crippen LogP contribution in [0.2, 0.25) is 5.02 Å². The minimum atomic E-state index is -0.496. The quantitative estimate of drug-likeness (QED) is 0.484. The molecule has 0 aliphatic carbocycles. The van der Waals surface area contributed by atoms with E-state index in [1.165, 1.54) is 6.07 Å². The summed E-state index contributed by atoms with van der Waals surface area (Å²) in [7, 11) is 1.60. The second-order valence-corrected chi connectivity index (χ2v) is 8.45. The maximum absolute atomic E-state index is 14.3. The first-order valence-electron chi connectivity index (χ1n) is 11.0. The Morgan fingerprint density at radius 3 is 2.50 bits per heavy atom. The first kappa shape index (κ1) is 23.6. The first-order chi connectivity index (χ1) is 16.4. The van der Waals surface area contributed by atoms with Gasteiger partial charge in [0.1, 0.15) is 11.6 Å². The molecule has 3 aromatic carbocycles. The summed E-state index contributed by atoms with van der Waals surface area (Å²) in [6.45, 7) is 1.26. The molecule has 1 aliphatic heterocycles. The predicted molar refractivity (Wildman–Crippen MR) is 131 cm³/mol. The number of benzene rings is 3. The predicted octanol–water partition coefficient (Wildman–Crippen LogP) is 5.50. The summed E-state index contributed by atoms with van der Waals surface area (Å²) in [5.41, 5.74) is 2.63. The highest BCUT2D eigenvalue weighted by molar-refractivity contribution is 6.30. The van der Waals surface area contributed by atoms with E-state index in [1.807, 2.05) is 24.3 Å². The van der Waals surface area contributed by atoms with Crippen molar-refractivity contribution in [1.29, 1.82) is 0 Å². The topological polar surface area (TPSA) is 61.9 Å². The number of nitrogens with one attached hydrogen (secondary N) is 1. The van der Waals surface area contributed by atoms with Gasteiger partial charge in [-0.25, -0.2) is 9.18 Å². The van der Waals surface area contributed by atoms with E-state index in [-0.39, 0.29) is 29.9 Å². The summed E-state index contributed by atoms with van der Waals surface area (Å²) in [6.07, 6.45) is 1.000. The van der Waals surface area contributed by atoms with Crippen LogP contribution in [0.4, 0.5) is 20.6 Å². The third-order valence-electron chi connectivity index (χ3n) is 5.69. The molecular formula is C26H25ClFN3O3. The Bertz CT molecular complexity index is 1170. The zero-order chi connectivity index (χ0) is 24.1. The van der Waals surface area contributed by atoms with Crippen molar-refractivity contribution in [3.8, 4) is 5.75 Å². The molecule has 1 fully saturated rings. The largest absolute Gasteiger partial charge is 0.497 e. The summed E-state index contributed by atoms with van der Waals surface area (Å²) in [6, 6.07) is 19.1. The number of anilines is 2. The van der Waals surface area contributed by atoms with E-state index in [0.717, 1.165) is 23.4 Å². The number of carbonyl (C=O) groups is 2. The number of ether oxygens (including phenoxy) is 1. The molecular weight excluding hydrogens is 457 g/mol. The smallest absolute Gasteiger partial charge is 0.324 e. The Kier molecular flexibility index (Phi) is 7.33. The Hall–Kier alpha value is -3.58. The lowest BCUT2D eigenvalue weighted by Gasteiger charge is -2.35. The second-order valence-electron chi connectivity index (χ2n) is 8.04. The van der Waals surface area contributed by atoms with Gasteiger partial charge in [-0.05, 0) is 54.4 Å². The second kappa shape index (κ2) is 10.6. The fourth-order valence-corrected chi connectivity index (χ4v) is 4.10. The maximum Gasteiger partial charge on any atom is 0.324 e. The highest BCUT2D eigenvalue weighted by Gasteiger charge is 2.27. The summed E-state index contributed by atoms with van der Waals surface area (Å²) in [5, 5.41) is 2.92. The first-order valence-corrected chi connectivity index (χ1v) is 11.3. The van der Waals surface area contributed by atoms with E-state index in [2.05, 4.69) is 5.32 Å². The van der Waals surface area contributed by atoms with Crippen molar-refractivity contribution < 1.29 is 18.7 Å². The van der Waals surface area contributed by atoms with Crippen molar-refractivity contribution in [2.75, 3.05) is 30.4 Å². The van der Waals surface area contributed by atoms with Crippen LogP contribution < -0.4 is 15.0 Å². The van der Waals surface area contributed by atoms with Gasteiger partial charge in [0.15, 0.2) is 0 Å². The van der Waals surface area contributed by atoms with E-state index in [0.29, 0.717) is 24.3 Å². The number of hydrogen-bond acceptors (Lipinski definition) is 3. The van der Waals surface area contributed by atoms with Crippen molar-refractivity contribution in [3.05, 3.63) is 88.7 Å². The van der Waals surface area contributed by atoms with Gasteiger partial charge in [-0.2, -0.15) is 0 Å². The molecule has 8 heteroatoms. The third-order valence-corrected chi connectivity index (χ3v) is 5.98. The molecule has 6 nitrogen and oxygen atoms in total. The Labute approximate surface area is 202 Å². The van der Waals surface area contributed by atoms with Crippen LogP contribution in [0.25, 0.3) is 0 Å². The summed E-state index contributed by atoms with van der Waals surface area (Å²) >= 11 is 5.88. The van der Waals surface area contributed by atoms with Crippen LogP contribution in [0.3, 0.4) is 0 Å². The van der Waals surface area contributed by atoms with E-state index in [1.54, 1.807) is 53.3 Å². The summed E-state index contributed by atoms with van der Waals surface area (Å²) in [4.78, 5) is 28.7. The standard InChI is InChI=1S/C26H25ClFN3O3/c1-34-22-12-6-18(7-13-22)16-24(32)29-20-8-10-21(11-9-20)31-15-3-14-30(26(31)33)17-19-4-2-5-23(27)25(19)28/h2,4-13H,3,14-17H2,1H3,(H,29,32). The molecule has 0 atom stereocenters. The van der Waals surface area contributed by atoms with Gasteiger partial charge in [0.25, 0.3) is 0 Å². The molecule has 1 heterocycles. The number of carbonyl (C=O) groups excluding carboxylic acids is 2. The highest BCUT2D eigenvalue weighted by atomic mass is 35.5. The fraction of sp³-hybridized carbons (Fsp3) is 0.231. The van der Waals surface area contributed by atoms with Crippen LogP contribution in [-0.2, 0) is 17.8 Å². The van der Waals surface area contributed by atoms with E-state index in [9.17, 15) is 14.0 Å². The number of rotatable bonds is 7. The number of hydrogen-bond donors (Lipinski definition) is 1. The van der Waals surface area contributed by atoms with Crippen molar-refractivity contribution in [2.45, 2.75) is 19.4 Å². The van der Waals surface area contributed by atoms with Gasteiger partial charge < -0.3 is 15.0 Å². The molecule has 0 spiro atoms. The minimum Gasteiger partial charge on any atom is -0.497 e. The Morgan fingerprint density at radius 2 is 1.79 bits per heavy atom. The molecule has 1 aliphatic rings. The van der Waals surface area contributed by atoms with E-state index >= 15 is 0 Å². The van der Waals surface area contributed by atoms with Gasteiger partial charge in [0.05, 0.1) is 25.1 Å². The summed E-state index contributed by atoms with van der Waals surface area (Å²) in [5.74, 6) is 0.105. The number of urea groups is 1. The van der Waals surface area contributed by atoms with Crippen LogP contribution in [0.5, 0.6) is 5.75 Å². The molecule has 0 bridgehead atoms. The Morgan fingerprint density at radius 1 is 1.06 bits per heavy atom. The lowest BCUT2D eigenvalue weighted by atomic mass is 10.1. The van der Waals surface area contributed by atoms with Crippen molar-refractivity contribution in [2.24, 2.45) is 0 Å². The molecule has 0 saturated carbocycles. The average molecular weight is 482 g/mol. The molecule has 0 radical (unpaired) electrons. The molecule has 3 aromatic rings. The minimum absolute atomic E-state index is 0.0449. The van der Waals surface area contributed by atoms with E-state index in [4.69, 9.17) is 16.3 Å². The van der Waals surface area contributed by atoms with Crippen LogP contribution in [0.15, 0.2) is 66.7 Å². The zero-order valence-corrected chi connectivity index (χ0v) is 19.5. The molecule has 0 unspecified atom stereocenters. The number of nitrogens with zero attached hydrogens (tertiary/aromatic N) is 2. The van der Waals surface area contributed by atoms with Gasteiger partial charge in [0, 0.05) is 30.0 Å². The third kappa shape index (κ3) is 5.48. The normalized spacial score (nSPS) is 13.7. The van der Waals surface area contributed by atoms with E-state index < -0.39 is 5.82 Å². The van der Waals surface area contributed by atoms with Gasteiger partial charge >= 0.3 is 6.03 Å². The number of amides is 3. The van der Waals surface area contributed by atoms with Gasteiger partial charge in [-0.15, -0.1) is 0 Å². The lowest BCUT2D eigenvalue weighted by molar-refractivity contribution is -0.115. The molecule has 34 heavy (non-hydrogen) atoms.